The van der Waals surface area contributed by atoms with Crippen LogP contribution in [0, 0.1) is 5.21 Å². The van der Waals surface area contributed by atoms with Crippen LogP contribution in [0.3, 0.4) is 0 Å². The summed E-state index contributed by atoms with van der Waals surface area (Å²) in [6.07, 6.45) is 0. The van der Waals surface area contributed by atoms with Gasteiger partial charge in [0.1, 0.15) is 7.05 Å². The Balaban J connectivity index is 3.14. The van der Waals surface area contributed by atoms with E-state index in [9.17, 15) is 5.21 Å². The van der Waals surface area contributed by atoms with Crippen LogP contribution in [-0.4, -0.2) is 11.9 Å². The molecular weight excluding hydrogens is 70.0 g/mol. The van der Waals surface area contributed by atoms with Crippen molar-refractivity contribution < 1.29 is 4.86 Å². The molecule has 0 atom stereocenters. The summed E-state index contributed by atoms with van der Waals surface area (Å²) in [6, 6.07) is 0. The molecule has 0 aliphatic heterocycles. The van der Waals surface area contributed by atoms with Crippen LogP contribution in [0.1, 0.15) is 0 Å². The van der Waals surface area contributed by atoms with Crippen molar-refractivity contribution in [2.75, 3.05) is 7.05 Å². The predicted octanol–water partition coefficient (Wildman–Crippen LogP) is -0.548. The molecule has 0 saturated carbocycles. The third-order valence-corrected chi connectivity index (χ3v) is 0.163. The van der Waals surface area contributed by atoms with Gasteiger partial charge in [-0.05, 0) is 0 Å². The molecule has 0 fully saturated rings. The van der Waals surface area contributed by atoms with Gasteiger partial charge >= 0.3 is 0 Å². The smallest absolute Gasteiger partial charge is 0.101 e. The van der Waals surface area contributed by atoms with Crippen molar-refractivity contribution in [3.63, 3.8) is 0 Å². The van der Waals surface area contributed by atoms with E-state index in [1.54, 1.807) is 0 Å². The molecule has 0 amide bonds. The van der Waals surface area contributed by atoms with E-state index in [-0.39, 0.29) is 4.86 Å². The predicted molar refractivity (Wildman–Crippen MR) is 16.2 cm³/mol. The Hall–Kier alpha value is -0.800. The maximum atomic E-state index is 9.44. The summed E-state index contributed by atoms with van der Waals surface area (Å²) in [5.74, 6) is 4.41. The molecule has 0 spiro atoms. The summed E-state index contributed by atoms with van der Waals surface area (Å²) >= 11 is 0. The summed E-state index contributed by atoms with van der Waals surface area (Å²) in [7, 11) is 1.21. The second-order valence-electron chi connectivity index (χ2n) is 0.580. The molecule has 4 heteroatoms. The molecule has 0 rings (SSSR count). The van der Waals surface area contributed by atoms with Crippen LogP contribution in [0.4, 0.5) is 0 Å². The number of nitrogens with two attached hydrogens (primary N) is 1. The number of nitrogens with zero attached hydrogens (tertiary/aromatic N) is 2. The van der Waals surface area contributed by atoms with Crippen LogP contribution in [0.2, 0.25) is 0 Å². The van der Waals surface area contributed by atoms with Crippen molar-refractivity contribution >= 4 is 0 Å². The zero-order valence-corrected chi connectivity index (χ0v) is 2.88. The molecule has 0 aromatic rings. The molecule has 0 bridgehead atoms. The lowest BCUT2D eigenvalue weighted by Crippen LogP contribution is -1.93. The van der Waals surface area contributed by atoms with E-state index < -0.39 is 0 Å². The van der Waals surface area contributed by atoms with Gasteiger partial charge in [-0.15, -0.1) is 0 Å². The number of rotatable bonds is 0. The lowest BCUT2D eigenvalue weighted by molar-refractivity contribution is -0.500. The van der Waals surface area contributed by atoms with Gasteiger partial charge in [-0.1, -0.05) is 0 Å². The molecule has 0 saturated heterocycles. The average molecular weight is 75.1 g/mol. The highest BCUT2D eigenvalue weighted by atomic mass is 16.5. The van der Waals surface area contributed by atoms with Gasteiger partial charge in [-0.2, -0.15) is 10.7 Å². The summed E-state index contributed by atoms with van der Waals surface area (Å²) in [5, 5.41) is 12.1. The lowest BCUT2D eigenvalue weighted by atomic mass is 11.5. The van der Waals surface area contributed by atoms with E-state index in [1.807, 2.05) is 0 Å². The van der Waals surface area contributed by atoms with E-state index in [2.05, 4.69) is 11.1 Å². The van der Waals surface area contributed by atoms with Crippen LogP contribution >= 0.6 is 0 Å². The molecule has 0 radical (unpaired) electrons. The second-order valence-corrected chi connectivity index (χ2v) is 0.580. The van der Waals surface area contributed by atoms with Crippen molar-refractivity contribution in [2.45, 2.75) is 0 Å². The Morgan fingerprint density at radius 1 is 2.00 bits per heavy atom. The first-order valence-corrected chi connectivity index (χ1v) is 1.09. The summed E-state index contributed by atoms with van der Waals surface area (Å²) in [4.78, 5) is 0.278. The van der Waals surface area contributed by atoms with Crippen LogP contribution in [0.15, 0.2) is 5.22 Å². The van der Waals surface area contributed by atoms with E-state index in [4.69, 9.17) is 0 Å². The number of hydrogen-bond acceptors (Lipinski definition) is 2. The SMILES string of the molecule is C[N+]([O-])=NN. The molecule has 0 heterocycles. The minimum atomic E-state index is 0.278. The molecular formula is CH5N3O. The lowest BCUT2D eigenvalue weighted by Gasteiger charge is -1.88. The zero-order chi connectivity index (χ0) is 4.28. The normalized spacial score (nSPS) is 11.8. The van der Waals surface area contributed by atoms with Crippen LogP contribution in [-0.2, 0) is 0 Å². The van der Waals surface area contributed by atoms with Crippen LogP contribution < -0.4 is 5.84 Å². The van der Waals surface area contributed by atoms with Crippen molar-refractivity contribution in [3.8, 4) is 0 Å². The van der Waals surface area contributed by atoms with Gasteiger partial charge in [0.15, 0.2) is 0 Å². The molecule has 0 aromatic carbocycles. The highest BCUT2D eigenvalue weighted by Gasteiger charge is 1.54. The van der Waals surface area contributed by atoms with E-state index in [0.29, 0.717) is 0 Å². The monoisotopic (exact) mass is 75.0 g/mol. The van der Waals surface area contributed by atoms with E-state index in [1.165, 1.54) is 7.05 Å². The van der Waals surface area contributed by atoms with Gasteiger partial charge in [0.05, 0.1) is 5.22 Å². The fourth-order valence-corrected chi connectivity index (χ4v) is 0. The first kappa shape index (κ1) is 4.20. The van der Waals surface area contributed by atoms with E-state index >= 15 is 0 Å². The van der Waals surface area contributed by atoms with Crippen LogP contribution in [0.5, 0.6) is 0 Å². The fourth-order valence-electron chi connectivity index (χ4n) is 0. The number of hydrogen-bond donors (Lipinski definition) is 1. The van der Waals surface area contributed by atoms with Gasteiger partial charge in [-0.3, -0.25) is 0 Å². The Kier molecular flexibility index (Phi) is 1.27. The van der Waals surface area contributed by atoms with E-state index in [0.717, 1.165) is 0 Å². The van der Waals surface area contributed by atoms with Crippen molar-refractivity contribution in [1.82, 2.24) is 0 Å². The molecule has 2 N–H and O–H groups in total. The molecule has 4 nitrogen and oxygen atoms in total. The molecule has 0 aliphatic rings. The van der Waals surface area contributed by atoms with Crippen molar-refractivity contribution in [3.05, 3.63) is 5.21 Å². The Labute approximate surface area is 29.5 Å². The molecule has 5 heavy (non-hydrogen) atoms. The minimum Gasteiger partial charge on any atom is -0.696 e. The Morgan fingerprint density at radius 2 is 2.20 bits per heavy atom. The highest BCUT2D eigenvalue weighted by molar-refractivity contribution is 3.86. The Bertz CT molecular complexity index is 44.9. The standard InChI is InChI=1S/CH5N3O/c1-4(5)3-2/h2H2,1H3. The highest BCUT2D eigenvalue weighted by Crippen LogP contribution is 1.49. The first-order valence-electron chi connectivity index (χ1n) is 1.09. The van der Waals surface area contributed by atoms with Crippen molar-refractivity contribution in [2.24, 2.45) is 11.1 Å². The Morgan fingerprint density at radius 3 is 2.20 bits per heavy atom. The minimum absolute atomic E-state index is 0.278. The maximum Gasteiger partial charge on any atom is 0.101 e. The summed E-state index contributed by atoms with van der Waals surface area (Å²) < 4.78 is 0. The summed E-state index contributed by atoms with van der Waals surface area (Å²) in [6.45, 7) is 0. The van der Waals surface area contributed by atoms with Gasteiger partial charge in [0.25, 0.3) is 0 Å². The fraction of sp³-hybridized carbons (Fsp3) is 1.00. The molecule has 30 valence electrons. The summed E-state index contributed by atoms with van der Waals surface area (Å²) in [5.41, 5.74) is 0. The quantitative estimate of drug-likeness (QED) is 0.182. The first-order chi connectivity index (χ1) is 2.27. The topological polar surface area (TPSA) is 64.5 Å². The number of hydroxylamine groups is 1. The van der Waals surface area contributed by atoms with Crippen LogP contribution in [0.25, 0.3) is 0 Å². The van der Waals surface area contributed by atoms with Gasteiger partial charge < -0.3 is 5.21 Å². The largest absolute Gasteiger partial charge is 0.696 e. The van der Waals surface area contributed by atoms with Crippen molar-refractivity contribution in [1.29, 1.82) is 0 Å². The zero-order valence-electron chi connectivity index (χ0n) is 2.88. The van der Waals surface area contributed by atoms with Gasteiger partial charge in [0.2, 0.25) is 0 Å². The van der Waals surface area contributed by atoms with Gasteiger partial charge in [0, 0.05) is 0 Å². The third-order valence-electron chi connectivity index (χ3n) is 0.163. The maximum absolute atomic E-state index is 9.44. The molecule has 0 aromatic heterocycles. The third kappa shape index (κ3) is 3.20. The average Bonchev–Trinajstić information content (AvgIpc) is 1.38. The molecule has 0 aliphatic carbocycles. The van der Waals surface area contributed by atoms with Gasteiger partial charge in [-0.25, -0.2) is 0 Å². The second kappa shape index (κ2) is 1.51. The molecule has 0 unspecified atom stereocenters.